The molecule has 0 nitrogen and oxygen atoms in total. The summed E-state index contributed by atoms with van der Waals surface area (Å²) in [6.45, 7) is 0. The molecule has 0 aliphatic rings. The summed E-state index contributed by atoms with van der Waals surface area (Å²) < 4.78 is 39.1. The van der Waals surface area contributed by atoms with Crippen molar-refractivity contribution in [1.29, 1.82) is 0 Å². The minimum atomic E-state index is -4.31. The lowest BCUT2D eigenvalue weighted by atomic mass is 10.0. The summed E-state index contributed by atoms with van der Waals surface area (Å²) in [4.78, 5) is 0.972. The Morgan fingerprint density at radius 3 is 1.96 bits per heavy atom. The van der Waals surface area contributed by atoms with Gasteiger partial charge in [0.25, 0.3) is 0 Å². The molecule has 0 bridgehead atoms. The minimum Gasteiger partial charge on any atom is -0.166 e. The number of hydrogen-bond acceptors (Lipinski definition) is 2. The van der Waals surface area contributed by atoms with Crippen molar-refractivity contribution in [2.45, 2.75) is 11.1 Å². The van der Waals surface area contributed by atoms with E-state index in [4.69, 9.17) is 0 Å². The van der Waals surface area contributed by atoms with E-state index in [0.717, 1.165) is 39.8 Å². The number of halogens is 3. The smallest absolute Gasteiger partial charge is 0.166 e. The maximum Gasteiger partial charge on any atom is 0.418 e. The first-order chi connectivity index (χ1) is 11.0. The maximum atomic E-state index is 13.0. The molecule has 23 heavy (non-hydrogen) atoms. The summed E-state index contributed by atoms with van der Waals surface area (Å²) in [6.07, 6.45) is -2.63. The molecule has 1 aromatic heterocycles. The largest absolute Gasteiger partial charge is 0.418 e. The van der Waals surface area contributed by atoms with Gasteiger partial charge in [0, 0.05) is 15.2 Å². The van der Waals surface area contributed by atoms with Crippen LogP contribution >= 0.6 is 23.1 Å². The van der Waals surface area contributed by atoms with E-state index in [0.29, 0.717) is 9.77 Å². The fourth-order valence-corrected chi connectivity index (χ4v) is 4.53. The Hall–Kier alpha value is -1.72. The van der Waals surface area contributed by atoms with Gasteiger partial charge in [-0.25, -0.2) is 0 Å². The fourth-order valence-electron chi connectivity index (χ4n) is 2.39. The van der Waals surface area contributed by atoms with Gasteiger partial charge in [-0.2, -0.15) is 13.2 Å². The molecule has 5 heteroatoms. The van der Waals surface area contributed by atoms with Gasteiger partial charge in [0.05, 0.1) is 5.56 Å². The Kier molecular flexibility index (Phi) is 4.50. The first-order valence-corrected chi connectivity index (χ1v) is 8.99. The SMILES string of the molecule is CSc1c(C(F)(F)F)csc1-c1ccc(-c2ccccc2)cc1. The maximum absolute atomic E-state index is 13.0. The minimum absolute atomic E-state index is 0.301. The lowest BCUT2D eigenvalue weighted by Gasteiger charge is -2.09. The van der Waals surface area contributed by atoms with Gasteiger partial charge < -0.3 is 0 Å². The fraction of sp³-hybridized carbons (Fsp3) is 0.111. The summed E-state index contributed by atoms with van der Waals surface area (Å²) >= 11 is 2.28. The highest BCUT2D eigenvalue weighted by Gasteiger charge is 2.35. The Morgan fingerprint density at radius 1 is 0.826 bits per heavy atom. The topological polar surface area (TPSA) is 0 Å². The van der Waals surface area contributed by atoms with Crippen LogP contribution in [0.5, 0.6) is 0 Å². The molecule has 0 amide bonds. The van der Waals surface area contributed by atoms with Gasteiger partial charge in [0.2, 0.25) is 0 Å². The van der Waals surface area contributed by atoms with Crippen molar-refractivity contribution in [1.82, 2.24) is 0 Å². The molecule has 0 atom stereocenters. The lowest BCUT2D eigenvalue weighted by Crippen LogP contribution is -2.04. The summed E-state index contributed by atoms with van der Waals surface area (Å²) in [5, 5.41) is 1.20. The van der Waals surface area contributed by atoms with Crippen LogP contribution in [-0.4, -0.2) is 6.26 Å². The Bertz CT molecular complexity index is 787. The summed E-state index contributed by atoms with van der Waals surface area (Å²) in [5.74, 6) is 0. The first kappa shape index (κ1) is 16.1. The van der Waals surface area contributed by atoms with Gasteiger partial charge in [-0.05, 0) is 22.9 Å². The Morgan fingerprint density at radius 2 is 1.39 bits per heavy atom. The molecule has 0 fully saturated rings. The number of rotatable bonds is 3. The van der Waals surface area contributed by atoms with E-state index < -0.39 is 11.7 Å². The van der Waals surface area contributed by atoms with Crippen LogP contribution in [0.4, 0.5) is 13.2 Å². The van der Waals surface area contributed by atoms with Crippen LogP contribution in [0.15, 0.2) is 64.9 Å². The van der Waals surface area contributed by atoms with Crippen LogP contribution in [0.2, 0.25) is 0 Å². The molecule has 0 aliphatic heterocycles. The highest BCUT2D eigenvalue weighted by Crippen LogP contribution is 2.45. The van der Waals surface area contributed by atoms with Crippen molar-refractivity contribution >= 4 is 23.1 Å². The van der Waals surface area contributed by atoms with Crippen molar-refractivity contribution in [3.63, 3.8) is 0 Å². The van der Waals surface area contributed by atoms with Crippen molar-refractivity contribution < 1.29 is 13.2 Å². The third-order valence-electron chi connectivity index (χ3n) is 3.51. The van der Waals surface area contributed by atoms with Gasteiger partial charge in [0.1, 0.15) is 0 Å². The molecule has 3 rings (SSSR count). The summed E-state index contributed by atoms with van der Waals surface area (Å²) in [7, 11) is 0. The van der Waals surface area contributed by atoms with Gasteiger partial charge in [0.15, 0.2) is 0 Å². The zero-order chi connectivity index (χ0) is 16.4. The van der Waals surface area contributed by atoms with E-state index in [1.165, 1.54) is 5.38 Å². The van der Waals surface area contributed by atoms with Crippen LogP contribution in [0.25, 0.3) is 21.6 Å². The van der Waals surface area contributed by atoms with Gasteiger partial charge >= 0.3 is 6.18 Å². The molecule has 1 heterocycles. The first-order valence-electron chi connectivity index (χ1n) is 6.89. The highest BCUT2D eigenvalue weighted by atomic mass is 32.2. The van der Waals surface area contributed by atoms with Gasteiger partial charge in [-0.3, -0.25) is 0 Å². The molecule has 3 aromatic rings. The normalized spacial score (nSPS) is 11.7. The third-order valence-corrected chi connectivity index (χ3v) is 5.50. The molecule has 0 saturated heterocycles. The predicted molar refractivity (Wildman–Crippen MR) is 92.0 cm³/mol. The van der Waals surface area contributed by atoms with Gasteiger partial charge in [-0.15, -0.1) is 23.1 Å². The molecular weight excluding hydrogens is 337 g/mol. The van der Waals surface area contributed by atoms with E-state index >= 15 is 0 Å². The second-order valence-electron chi connectivity index (χ2n) is 4.95. The molecule has 0 radical (unpaired) electrons. The van der Waals surface area contributed by atoms with E-state index in [1.54, 1.807) is 6.26 Å². The van der Waals surface area contributed by atoms with Crippen LogP contribution in [0, 0.1) is 0 Å². The molecule has 0 aliphatic carbocycles. The average Bonchev–Trinajstić information content (AvgIpc) is 3.00. The van der Waals surface area contributed by atoms with Crippen molar-refractivity contribution in [3.8, 4) is 21.6 Å². The standard InChI is InChI=1S/C18H13F3S2/c1-22-17-15(18(19,20)21)11-23-16(17)14-9-7-13(8-10-14)12-5-3-2-4-6-12/h2-11H,1H3. The van der Waals surface area contributed by atoms with Crippen molar-refractivity contribution in [3.05, 3.63) is 65.5 Å². The van der Waals surface area contributed by atoms with Crippen molar-refractivity contribution in [2.24, 2.45) is 0 Å². The second kappa shape index (κ2) is 6.42. The molecule has 0 N–H and O–H groups in total. The Balaban J connectivity index is 1.99. The van der Waals surface area contributed by atoms with E-state index in [-0.39, 0.29) is 0 Å². The Labute approximate surface area is 141 Å². The molecule has 0 saturated carbocycles. The molecule has 0 spiro atoms. The number of hydrogen-bond donors (Lipinski definition) is 0. The van der Waals surface area contributed by atoms with E-state index in [9.17, 15) is 13.2 Å². The van der Waals surface area contributed by atoms with Crippen LogP contribution in [0.1, 0.15) is 5.56 Å². The molecule has 118 valence electrons. The number of thiophene rings is 1. The lowest BCUT2D eigenvalue weighted by molar-refractivity contribution is -0.139. The number of benzene rings is 2. The molecule has 2 aromatic carbocycles. The summed E-state index contributed by atoms with van der Waals surface area (Å²) in [5.41, 5.74) is 2.41. The zero-order valence-corrected chi connectivity index (χ0v) is 13.9. The van der Waals surface area contributed by atoms with Gasteiger partial charge in [-0.1, -0.05) is 54.6 Å². The number of thioether (sulfide) groups is 1. The number of alkyl halides is 3. The van der Waals surface area contributed by atoms with Crippen molar-refractivity contribution in [2.75, 3.05) is 6.26 Å². The van der Waals surface area contributed by atoms with Crippen LogP contribution < -0.4 is 0 Å². The second-order valence-corrected chi connectivity index (χ2v) is 6.65. The molecular formula is C18H13F3S2. The van der Waals surface area contributed by atoms with Crippen LogP contribution in [0.3, 0.4) is 0 Å². The quantitative estimate of drug-likeness (QED) is 0.467. The predicted octanol–water partition coefficient (Wildman–Crippen LogP) is 6.82. The third kappa shape index (κ3) is 3.31. The highest BCUT2D eigenvalue weighted by molar-refractivity contribution is 7.99. The van der Waals surface area contributed by atoms with E-state index in [1.807, 2.05) is 54.6 Å². The summed E-state index contributed by atoms with van der Waals surface area (Å²) in [6, 6.07) is 17.6. The van der Waals surface area contributed by atoms with Crippen LogP contribution in [-0.2, 0) is 6.18 Å². The zero-order valence-electron chi connectivity index (χ0n) is 12.2. The average molecular weight is 350 g/mol. The molecule has 0 unspecified atom stereocenters. The monoisotopic (exact) mass is 350 g/mol. The van der Waals surface area contributed by atoms with E-state index in [2.05, 4.69) is 0 Å².